The molecule has 2 aromatic carbocycles. The Balaban J connectivity index is 1.82. The van der Waals surface area contributed by atoms with E-state index in [1.54, 1.807) is 18.2 Å². The molecule has 0 fully saturated rings. The number of anilines is 1. The van der Waals surface area contributed by atoms with Crippen LogP contribution in [0.15, 0.2) is 48.5 Å². The number of nitrogens with one attached hydrogen (secondary N) is 2. The zero-order valence-corrected chi connectivity index (χ0v) is 12.2. The number of rotatable bonds is 5. The Bertz CT molecular complexity index is 588. The molecule has 0 unspecified atom stereocenters. The van der Waals surface area contributed by atoms with Gasteiger partial charge in [0.25, 0.3) is 0 Å². The van der Waals surface area contributed by atoms with Crippen molar-refractivity contribution in [1.82, 2.24) is 5.43 Å². The molecule has 0 atom stereocenters. The smallest absolute Gasteiger partial charge is 0.238 e. The highest BCUT2D eigenvalue weighted by molar-refractivity contribution is 6.35. The van der Waals surface area contributed by atoms with E-state index in [9.17, 15) is 4.79 Å². The third-order valence-corrected chi connectivity index (χ3v) is 3.31. The summed E-state index contributed by atoms with van der Waals surface area (Å²) in [5, 5.41) is 1.05. The quantitative estimate of drug-likeness (QED) is 0.818. The third-order valence-electron chi connectivity index (χ3n) is 2.75. The van der Waals surface area contributed by atoms with Gasteiger partial charge >= 0.3 is 0 Å². The number of hydrazine groups is 1. The molecule has 0 bridgehead atoms. The van der Waals surface area contributed by atoms with Gasteiger partial charge in [0, 0.05) is 11.4 Å². The van der Waals surface area contributed by atoms with Crippen molar-refractivity contribution in [3.05, 3.63) is 64.1 Å². The van der Waals surface area contributed by atoms with E-state index in [2.05, 4.69) is 10.9 Å². The van der Waals surface area contributed by atoms with Gasteiger partial charge in [0.15, 0.2) is 0 Å². The Labute approximate surface area is 127 Å². The molecule has 0 spiro atoms. The van der Waals surface area contributed by atoms with Gasteiger partial charge < -0.3 is 0 Å². The first-order chi connectivity index (χ1) is 9.65. The molecule has 0 aliphatic rings. The highest BCUT2D eigenvalue weighted by atomic mass is 35.5. The van der Waals surface area contributed by atoms with E-state index in [-0.39, 0.29) is 5.91 Å². The Kier molecular flexibility index (Phi) is 5.27. The number of hydrogen-bond donors (Lipinski definition) is 2. The molecule has 2 rings (SSSR count). The van der Waals surface area contributed by atoms with Crippen molar-refractivity contribution in [1.29, 1.82) is 0 Å². The fourth-order valence-corrected chi connectivity index (χ4v) is 2.03. The normalized spacial score (nSPS) is 10.1. The number of amides is 1. The SMILES string of the molecule is O=C(CCc1ccccc1)NNc1cc(Cl)ccc1Cl. The Morgan fingerprint density at radius 3 is 2.55 bits per heavy atom. The zero-order chi connectivity index (χ0) is 14.4. The van der Waals surface area contributed by atoms with E-state index < -0.39 is 0 Å². The van der Waals surface area contributed by atoms with E-state index in [1.807, 2.05) is 30.3 Å². The molecule has 2 aromatic rings. The van der Waals surface area contributed by atoms with E-state index in [1.165, 1.54) is 0 Å². The number of benzene rings is 2. The van der Waals surface area contributed by atoms with Gasteiger partial charge in [-0.1, -0.05) is 53.5 Å². The maximum Gasteiger partial charge on any atom is 0.238 e. The largest absolute Gasteiger partial charge is 0.297 e. The lowest BCUT2D eigenvalue weighted by atomic mass is 10.1. The van der Waals surface area contributed by atoms with Gasteiger partial charge in [-0.05, 0) is 30.2 Å². The topological polar surface area (TPSA) is 41.1 Å². The minimum atomic E-state index is -0.107. The van der Waals surface area contributed by atoms with Gasteiger partial charge in [-0.25, -0.2) is 0 Å². The van der Waals surface area contributed by atoms with Crippen LogP contribution in [0.5, 0.6) is 0 Å². The monoisotopic (exact) mass is 308 g/mol. The second kappa shape index (κ2) is 7.17. The van der Waals surface area contributed by atoms with Crippen LogP contribution in [0, 0.1) is 0 Å². The van der Waals surface area contributed by atoms with Crippen molar-refractivity contribution in [2.24, 2.45) is 0 Å². The summed E-state index contributed by atoms with van der Waals surface area (Å²) in [7, 11) is 0. The molecule has 0 aliphatic carbocycles. The first-order valence-corrected chi connectivity index (χ1v) is 6.94. The molecule has 2 N–H and O–H groups in total. The van der Waals surface area contributed by atoms with Crippen molar-refractivity contribution >= 4 is 34.8 Å². The molecular formula is C15H14Cl2N2O. The summed E-state index contributed by atoms with van der Waals surface area (Å²) in [6.45, 7) is 0. The average molecular weight is 309 g/mol. The van der Waals surface area contributed by atoms with Crippen molar-refractivity contribution in [3.63, 3.8) is 0 Å². The molecule has 104 valence electrons. The fraction of sp³-hybridized carbons (Fsp3) is 0.133. The molecule has 0 saturated heterocycles. The Hall–Kier alpha value is -1.71. The molecule has 3 nitrogen and oxygen atoms in total. The summed E-state index contributed by atoms with van der Waals surface area (Å²) in [5.74, 6) is -0.107. The van der Waals surface area contributed by atoms with Crippen molar-refractivity contribution < 1.29 is 4.79 Å². The van der Waals surface area contributed by atoms with Crippen LogP contribution in [0.3, 0.4) is 0 Å². The average Bonchev–Trinajstić information content (AvgIpc) is 2.47. The van der Waals surface area contributed by atoms with Crippen LogP contribution in [-0.2, 0) is 11.2 Å². The zero-order valence-electron chi connectivity index (χ0n) is 10.7. The maximum atomic E-state index is 11.7. The number of carbonyl (C=O) groups excluding carboxylic acids is 1. The second-order valence-electron chi connectivity index (χ2n) is 4.28. The third kappa shape index (κ3) is 4.44. The molecule has 1 amide bonds. The molecule has 0 saturated carbocycles. The van der Waals surface area contributed by atoms with Crippen molar-refractivity contribution in [3.8, 4) is 0 Å². The summed E-state index contributed by atoms with van der Waals surface area (Å²) < 4.78 is 0. The summed E-state index contributed by atoms with van der Waals surface area (Å²) in [6, 6.07) is 14.9. The van der Waals surface area contributed by atoms with Crippen LogP contribution < -0.4 is 10.9 Å². The number of halogens is 2. The molecular weight excluding hydrogens is 295 g/mol. The molecule has 0 aromatic heterocycles. The lowest BCUT2D eigenvalue weighted by Crippen LogP contribution is -2.29. The maximum absolute atomic E-state index is 11.7. The highest BCUT2D eigenvalue weighted by Gasteiger charge is 2.04. The predicted molar refractivity (Wildman–Crippen MR) is 83.0 cm³/mol. The van der Waals surface area contributed by atoms with Crippen LogP contribution in [-0.4, -0.2) is 5.91 Å². The van der Waals surface area contributed by atoms with Crippen LogP contribution in [0.2, 0.25) is 10.0 Å². The van der Waals surface area contributed by atoms with Gasteiger partial charge in [-0.15, -0.1) is 0 Å². The number of hydrogen-bond acceptors (Lipinski definition) is 2. The number of aryl methyl sites for hydroxylation is 1. The molecule has 0 heterocycles. The molecule has 0 radical (unpaired) electrons. The predicted octanol–water partition coefficient (Wildman–Crippen LogP) is 4.07. The van der Waals surface area contributed by atoms with Crippen molar-refractivity contribution in [2.45, 2.75) is 12.8 Å². The van der Waals surface area contributed by atoms with E-state index in [0.29, 0.717) is 28.6 Å². The van der Waals surface area contributed by atoms with E-state index >= 15 is 0 Å². The summed E-state index contributed by atoms with van der Waals surface area (Å²) in [4.78, 5) is 11.7. The minimum absolute atomic E-state index is 0.107. The van der Waals surface area contributed by atoms with E-state index in [4.69, 9.17) is 23.2 Å². The van der Waals surface area contributed by atoms with Gasteiger partial charge in [-0.3, -0.25) is 15.6 Å². The first-order valence-electron chi connectivity index (χ1n) is 6.19. The lowest BCUT2D eigenvalue weighted by Gasteiger charge is -2.10. The summed E-state index contributed by atoms with van der Waals surface area (Å²) in [5.41, 5.74) is 7.08. The Morgan fingerprint density at radius 1 is 1.05 bits per heavy atom. The minimum Gasteiger partial charge on any atom is -0.297 e. The number of carbonyl (C=O) groups is 1. The summed E-state index contributed by atoms with van der Waals surface area (Å²) >= 11 is 11.8. The summed E-state index contributed by atoms with van der Waals surface area (Å²) in [6.07, 6.45) is 1.09. The molecule has 5 heteroatoms. The van der Waals surface area contributed by atoms with Crippen LogP contribution in [0.4, 0.5) is 5.69 Å². The van der Waals surface area contributed by atoms with Gasteiger partial charge in [-0.2, -0.15) is 0 Å². The first kappa shape index (κ1) is 14.7. The van der Waals surface area contributed by atoms with Crippen molar-refractivity contribution in [2.75, 3.05) is 5.43 Å². The highest BCUT2D eigenvalue weighted by Crippen LogP contribution is 2.24. The van der Waals surface area contributed by atoms with Crippen LogP contribution in [0.1, 0.15) is 12.0 Å². The molecule has 20 heavy (non-hydrogen) atoms. The Morgan fingerprint density at radius 2 is 1.80 bits per heavy atom. The van der Waals surface area contributed by atoms with Gasteiger partial charge in [0.05, 0.1) is 10.7 Å². The lowest BCUT2D eigenvalue weighted by molar-refractivity contribution is -0.120. The standard InChI is InChI=1S/C15H14Cl2N2O/c16-12-7-8-13(17)14(10-12)18-19-15(20)9-6-11-4-2-1-3-5-11/h1-5,7-8,10,18H,6,9H2,(H,19,20). The van der Waals surface area contributed by atoms with Gasteiger partial charge in [0.2, 0.25) is 5.91 Å². The van der Waals surface area contributed by atoms with E-state index in [0.717, 1.165) is 5.56 Å². The van der Waals surface area contributed by atoms with Crippen LogP contribution in [0.25, 0.3) is 0 Å². The van der Waals surface area contributed by atoms with Gasteiger partial charge in [0.1, 0.15) is 0 Å². The van der Waals surface area contributed by atoms with Crippen LogP contribution >= 0.6 is 23.2 Å². The fourth-order valence-electron chi connectivity index (χ4n) is 1.70. The molecule has 0 aliphatic heterocycles. The second-order valence-corrected chi connectivity index (χ2v) is 5.13.